The van der Waals surface area contributed by atoms with Gasteiger partial charge < -0.3 is 16.2 Å². The van der Waals surface area contributed by atoms with E-state index in [4.69, 9.17) is 22.4 Å². The first-order valence-electron chi connectivity index (χ1n) is 5.03. The second-order valence-corrected chi connectivity index (χ2v) is 5.32. The third kappa shape index (κ3) is 2.91. The van der Waals surface area contributed by atoms with Gasteiger partial charge in [0.05, 0.1) is 28.3 Å². The molecule has 18 heavy (non-hydrogen) atoms. The Labute approximate surface area is 112 Å². The number of nitrogens with two attached hydrogens (primary N) is 1. The van der Waals surface area contributed by atoms with Gasteiger partial charge in [-0.3, -0.25) is 0 Å². The summed E-state index contributed by atoms with van der Waals surface area (Å²) in [6, 6.07) is 5.12. The number of hydrogen-bond acceptors (Lipinski definition) is 5. The van der Waals surface area contributed by atoms with Gasteiger partial charge >= 0.3 is 5.97 Å². The van der Waals surface area contributed by atoms with Crippen LogP contribution in [0.1, 0.15) is 15.2 Å². The average Bonchev–Trinajstić information content (AvgIpc) is 2.74. The van der Waals surface area contributed by atoms with Crippen LogP contribution in [0.3, 0.4) is 0 Å². The molecule has 0 bridgehead atoms. The maximum Gasteiger partial charge on any atom is 0.337 e. The number of nitrogens with zero attached hydrogens (tertiary/aromatic N) is 1. The summed E-state index contributed by atoms with van der Waals surface area (Å²) in [5.41, 5.74) is 5.70. The van der Waals surface area contributed by atoms with E-state index in [0.717, 1.165) is 4.88 Å². The lowest BCUT2D eigenvalue weighted by Gasteiger charge is -2.06. The lowest BCUT2D eigenvalue weighted by Crippen LogP contribution is -2.06. The summed E-state index contributed by atoms with van der Waals surface area (Å²) < 4.78 is 0.711. The molecule has 0 aromatic carbocycles. The zero-order valence-corrected chi connectivity index (χ0v) is 10.8. The first kappa shape index (κ1) is 12.7. The van der Waals surface area contributed by atoms with E-state index >= 15 is 0 Å². The predicted molar refractivity (Wildman–Crippen MR) is 72.3 cm³/mol. The second-order valence-electron chi connectivity index (χ2n) is 3.52. The molecule has 7 heteroatoms. The standard InChI is InChI=1S/C11H10ClN3O2S/c12-9-2-1-6(18-9)4-14-10-3-7(11(16)17)8(13)5-15-10/h1-3,5H,4,13H2,(H,14,15)(H,16,17). The second kappa shape index (κ2) is 5.24. The van der Waals surface area contributed by atoms with Crippen molar-refractivity contribution < 1.29 is 9.90 Å². The van der Waals surface area contributed by atoms with Crippen LogP contribution in [0.15, 0.2) is 24.4 Å². The van der Waals surface area contributed by atoms with Crippen molar-refractivity contribution in [1.29, 1.82) is 0 Å². The predicted octanol–water partition coefficient (Wildman–Crippen LogP) is 2.69. The minimum absolute atomic E-state index is 0.0386. The molecule has 4 N–H and O–H groups in total. The van der Waals surface area contributed by atoms with E-state index in [-0.39, 0.29) is 11.3 Å². The number of rotatable bonds is 4. The van der Waals surface area contributed by atoms with E-state index < -0.39 is 5.97 Å². The molecule has 2 aromatic rings. The van der Waals surface area contributed by atoms with E-state index in [1.54, 1.807) is 0 Å². The zero-order chi connectivity index (χ0) is 13.1. The molecule has 2 heterocycles. The maximum atomic E-state index is 10.9. The third-order valence-corrected chi connectivity index (χ3v) is 3.47. The van der Waals surface area contributed by atoms with Gasteiger partial charge in [-0.25, -0.2) is 9.78 Å². The summed E-state index contributed by atoms with van der Waals surface area (Å²) in [6.45, 7) is 0.535. The molecular weight excluding hydrogens is 274 g/mol. The van der Waals surface area contributed by atoms with Gasteiger partial charge in [0.25, 0.3) is 0 Å². The Balaban J connectivity index is 2.10. The van der Waals surface area contributed by atoms with E-state index in [9.17, 15) is 4.79 Å². The van der Waals surface area contributed by atoms with Crippen LogP contribution in [0.2, 0.25) is 4.34 Å². The van der Waals surface area contributed by atoms with Gasteiger partial charge in [-0.1, -0.05) is 11.6 Å². The number of thiophene rings is 1. The fourth-order valence-electron chi connectivity index (χ4n) is 1.37. The molecule has 0 aliphatic carbocycles. The molecule has 5 nitrogen and oxygen atoms in total. The molecule has 0 saturated heterocycles. The van der Waals surface area contributed by atoms with E-state index in [1.807, 2.05) is 12.1 Å². The van der Waals surface area contributed by atoms with Crippen molar-refractivity contribution in [3.05, 3.63) is 39.2 Å². The van der Waals surface area contributed by atoms with Crippen molar-refractivity contribution in [1.82, 2.24) is 4.98 Å². The fraction of sp³-hybridized carbons (Fsp3) is 0.0909. The normalized spacial score (nSPS) is 10.3. The SMILES string of the molecule is Nc1cnc(NCc2ccc(Cl)s2)cc1C(=O)O. The van der Waals surface area contributed by atoms with Crippen LogP contribution in [0.5, 0.6) is 0 Å². The van der Waals surface area contributed by atoms with Crippen LogP contribution in [0.25, 0.3) is 0 Å². The molecule has 0 radical (unpaired) electrons. The van der Waals surface area contributed by atoms with E-state index in [0.29, 0.717) is 16.7 Å². The van der Waals surface area contributed by atoms with Crippen LogP contribution in [0, 0.1) is 0 Å². The number of nitrogen functional groups attached to an aromatic ring is 1. The Bertz CT molecular complexity index is 585. The van der Waals surface area contributed by atoms with E-state index in [1.165, 1.54) is 23.6 Å². The first-order valence-corrected chi connectivity index (χ1v) is 6.22. The van der Waals surface area contributed by atoms with Crippen LogP contribution < -0.4 is 11.1 Å². The van der Waals surface area contributed by atoms with Gasteiger partial charge in [-0.05, 0) is 18.2 Å². The highest BCUT2D eigenvalue weighted by Gasteiger charge is 2.09. The molecule has 0 aliphatic rings. The Morgan fingerprint density at radius 2 is 2.33 bits per heavy atom. The third-order valence-electron chi connectivity index (χ3n) is 2.24. The highest BCUT2D eigenvalue weighted by Crippen LogP contribution is 2.22. The number of nitrogens with one attached hydrogen (secondary N) is 1. The van der Waals surface area contributed by atoms with Crippen LogP contribution in [-0.4, -0.2) is 16.1 Å². The summed E-state index contributed by atoms with van der Waals surface area (Å²) >= 11 is 7.27. The highest BCUT2D eigenvalue weighted by atomic mass is 35.5. The molecule has 0 amide bonds. The van der Waals surface area contributed by atoms with Gasteiger partial charge in [0.1, 0.15) is 5.82 Å². The summed E-state index contributed by atoms with van der Waals surface area (Å²) in [5.74, 6) is -0.608. The minimum Gasteiger partial charge on any atom is -0.478 e. The van der Waals surface area contributed by atoms with Crippen LogP contribution >= 0.6 is 22.9 Å². The Kier molecular flexibility index (Phi) is 3.69. The number of aromatic carboxylic acids is 1. The molecule has 2 rings (SSSR count). The number of anilines is 2. The fourth-order valence-corrected chi connectivity index (χ4v) is 2.40. The van der Waals surface area contributed by atoms with Crippen molar-refractivity contribution in [3.63, 3.8) is 0 Å². The smallest absolute Gasteiger partial charge is 0.337 e. The molecule has 0 atom stereocenters. The molecule has 2 aromatic heterocycles. The van der Waals surface area contributed by atoms with Gasteiger partial charge in [-0.15, -0.1) is 11.3 Å². The number of carbonyl (C=O) groups is 1. The zero-order valence-electron chi connectivity index (χ0n) is 9.18. The Hall–Kier alpha value is -1.79. The monoisotopic (exact) mass is 283 g/mol. The van der Waals surface area contributed by atoms with Gasteiger partial charge in [0.15, 0.2) is 0 Å². The van der Waals surface area contributed by atoms with Crippen LogP contribution in [0.4, 0.5) is 11.5 Å². The van der Waals surface area contributed by atoms with Gasteiger partial charge in [-0.2, -0.15) is 0 Å². The summed E-state index contributed by atoms with van der Waals surface area (Å²) in [7, 11) is 0. The number of pyridine rings is 1. The molecule has 0 fully saturated rings. The lowest BCUT2D eigenvalue weighted by atomic mass is 10.2. The number of carboxylic acids is 1. The number of aromatic nitrogens is 1. The van der Waals surface area contributed by atoms with Gasteiger partial charge in [0.2, 0.25) is 0 Å². The van der Waals surface area contributed by atoms with Crippen molar-refractivity contribution in [3.8, 4) is 0 Å². The first-order chi connectivity index (χ1) is 8.56. The largest absolute Gasteiger partial charge is 0.478 e. The molecule has 0 aliphatic heterocycles. The Morgan fingerprint density at radius 1 is 1.56 bits per heavy atom. The maximum absolute atomic E-state index is 10.9. The topological polar surface area (TPSA) is 88.2 Å². The lowest BCUT2D eigenvalue weighted by molar-refractivity contribution is 0.0698. The average molecular weight is 284 g/mol. The number of hydrogen-bond donors (Lipinski definition) is 3. The van der Waals surface area contributed by atoms with Gasteiger partial charge in [0, 0.05) is 4.88 Å². The summed E-state index contributed by atoms with van der Waals surface area (Å²) in [6.07, 6.45) is 1.33. The highest BCUT2D eigenvalue weighted by molar-refractivity contribution is 7.16. The Morgan fingerprint density at radius 3 is 2.94 bits per heavy atom. The van der Waals surface area contributed by atoms with E-state index in [2.05, 4.69) is 10.3 Å². The summed E-state index contributed by atoms with van der Waals surface area (Å²) in [5, 5.41) is 11.9. The van der Waals surface area contributed by atoms with Crippen LogP contribution in [-0.2, 0) is 6.54 Å². The van der Waals surface area contributed by atoms with Crippen molar-refractivity contribution in [2.24, 2.45) is 0 Å². The van der Waals surface area contributed by atoms with Crippen molar-refractivity contribution >= 4 is 40.4 Å². The van der Waals surface area contributed by atoms with Crippen molar-refractivity contribution in [2.45, 2.75) is 6.54 Å². The molecule has 0 spiro atoms. The molecule has 0 unspecified atom stereocenters. The molecular formula is C11H10ClN3O2S. The summed E-state index contributed by atoms with van der Waals surface area (Å²) in [4.78, 5) is 16.0. The quantitative estimate of drug-likeness (QED) is 0.803. The number of halogens is 1. The minimum atomic E-state index is -1.07. The number of carboxylic acid groups (broad SMARTS) is 1. The molecule has 94 valence electrons. The molecule has 0 saturated carbocycles. The van der Waals surface area contributed by atoms with Crippen molar-refractivity contribution in [2.75, 3.05) is 11.1 Å².